The molecule has 2 nitrogen and oxygen atoms in total. The van der Waals surface area contributed by atoms with Gasteiger partial charge in [-0.3, -0.25) is 0 Å². The van der Waals surface area contributed by atoms with Crippen LogP contribution >= 0.6 is 0 Å². The van der Waals surface area contributed by atoms with Gasteiger partial charge in [0.05, 0.1) is 0 Å². The maximum absolute atomic E-state index is 5.83. The molecular formula is C15H22N2. The SMILES string of the molecule is Nc1ccc2c(c1)CC(CNC1CCCC1)C2. The predicted octanol–water partition coefficient (Wildman–Crippen LogP) is 2.52. The molecule has 1 saturated carbocycles. The first-order chi connectivity index (χ1) is 8.31. The molecule has 92 valence electrons. The molecule has 0 amide bonds. The van der Waals surface area contributed by atoms with Crippen molar-refractivity contribution in [3.63, 3.8) is 0 Å². The molecule has 17 heavy (non-hydrogen) atoms. The molecule has 2 aliphatic carbocycles. The van der Waals surface area contributed by atoms with Crippen molar-refractivity contribution in [3.8, 4) is 0 Å². The van der Waals surface area contributed by atoms with Gasteiger partial charge in [0.15, 0.2) is 0 Å². The fraction of sp³-hybridized carbons (Fsp3) is 0.600. The summed E-state index contributed by atoms with van der Waals surface area (Å²) >= 11 is 0. The summed E-state index contributed by atoms with van der Waals surface area (Å²) in [4.78, 5) is 0. The van der Waals surface area contributed by atoms with Crippen LogP contribution in [0.3, 0.4) is 0 Å². The van der Waals surface area contributed by atoms with Crippen molar-refractivity contribution in [2.75, 3.05) is 12.3 Å². The van der Waals surface area contributed by atoms with Gasteiger partial charge >= 0.3 is 0 Å². The van der Waals surface area contributed by atoms with Gasteiger partial charge in [0.1, 0.15) is 0 Å². The molecule has 3 rings (SSSR count). The maximum atomic E-state index is 5.83. The third-order valence-electron chi connectivity index (χ3n) is 4.30. The van der Waals surface area contributed by atoms with Crippen LogP contribution in [0.1, 0.15) is 36.8 Å². The second-order valence-corrected chi connectivity index (χ2v) is 5.69. The molecule has 2 heteroatoms. The Morgan fingerprint density at radius 3 is 2.71 bits per heavy atom. The van der Waals surface area contributed by atoms with Crippen molar-refractivity contribution in [2.45, 2.75) is 44.6 Å². The zero-order chi connectivity index (χ0) is 11.7. The first-order valence-corrected chi connectivity index (χ1v) is 6.92. The topological polar surface area (TPSA) is 38.0 Å². The van der Waals surface area contributed by atoms with Crippen molar-refractivity contribution >= 4 is 5.69 Å². The molecule has 0 aromatic heterocycles. The van der Waals surface area contributed by atoms with E-state index in [0.29, 0.717) is 0 Å². The van der Waals surface area contributed by atoms with Gasteiger partial charge in [0.2, 0.25) is 0 Å². The summed E-state index contributed by atoms with van der Waals surface area (Å²) in [6.45, 7) is 1.18. The average Bonchev–Trinajstić information content (AvgIpc) is 2.94. The van der Waals surface area contributed by atoms with Gasteiger partial charge in [0, 0.05) is 11.7 Å². The van der Waals surface area contributed by atoms with Crippen molar-refractivity contribution in [1.82, 2.24) is 5.32 Å². The molecule has 0 spiro atoms. The van der Waals surface area contributed by atoms with Gasteiger partial charge in [-0.2, -0.15) is 0 Å². The second-order valence-electron chi connectivity index (χ2n) is 5.69. The number of nitrogens with one attached hydrogen (secondary N) is 1. The van der Waals surface area contributed by atoms with E-state index in [1.54, 1.807) is 0 Å². The van der Waals surface area contributed by atoms with Crippen LogP contribution in [0.5, 0.6) is 0 Å². The van der Waals surface area contributed by atoms with Gasteiger partial charge in [-0.05, 0) is 61.4 Å². The highest BCUT2D eigenvalue weighted by atomic mass is 14.9. The van der Waals surface area contributed by atoms with E-state index >= 15 is 0 Å². The molecule has 0 radical (unpaired) electrons. The van der Waals surface area contributed by atoms with Gasteiger partial charge in [-0.15, -0.1) is 0 Å². The Morgan fingerprint density at radius 1 is 1.12 bits per heavy atom. The van der Waals surface area contributed by atoms with Crippen LogP contribution in [0.15, 0.2) is 18.2 Å². The summed E-state index contributed by atoms with van der Waals surface area (Å²) in [5, 5.41) is 3.74. The van der Waals surface area contributed by atoms with Gasteiger partial charge in [0.25, 0.3) is 0 Å². The normalized spacial score (nSPS) is 24.1. The first kappa shape index (κ1) is 11.1. The van der Waals surface area contributed by atoms with Gasteiger partial charge < -0.3 is 11.1 Å². The van der Waals surface area contributed by atoms with Crippen molar-refractivity contribution in [2.24, 2.45) is 5.92 Å². The van der Waals surface area contributed by atoms with Crippen LogP contribution in [-0.4, -0.2) is 12.6 Å². The number of hydrogen-bond acceptors (Lipinski definition) is 2. The van der Waals surface area contributed by atoms with Crippen LogP contribution in [0.4, 0.5) is 5.69 Å². The predicted molar refractivity (Wildman–Crippen MR) is 72.0 cm³/mol. The molecule has 0 saturated heterocycles. The Bertz CT molecular complexity index is 394. The minimum absolute atomic E-state index is 0.785. The molecule has 3 N–H and O–H groups in total. The van der Waals surface area contributed by atoms with E-state index in [2.05, 4.69) is 17.4 Å². The summed E-state index contributed by atoms with van der Waals surface area (Å²) < 4.78 is 0. The lowest BCUT2D eigenvalue weighted by atomic mass is 10.1. The lowest BCUT2D eigenvalue weighted by molar-refractivity contribution is 0.439. The Balaban J connectivity index is 1.55. The number of hydrogen-bond donors (Lipinski definition) is 2. The average molecular weight is 230 g/mol. The van der Waals surface area contributed by atoms with Crippen molar-refractivity contribution in [1.29, 1.82) is 0 Å². The number of fused-ring (bicyclic) bond motifs is 1. The van der Waals surface area contributed by atoms with Crippen molar-refractivity contribution < 1.29 is 0 Å². The molecule has 0 heterocycles. The highest BCUT2D eigenvalue weighted by molar-refractivity contribution is 5.46. The third kappa shape index (κ3) is 2.47. The Morgan fingerprint density at radius 2 is 1.88 bits per heavy atom. The fourth-order valence-electron chi connectivity index (χ4n) is 3.34. The largest absolute Gasteiger partial charge is 0.399 e. The minimum Gasteiger partial charge on any atom is -0.399 e. The summed E-state index contributed by atoms with van der Waals surface area (Å²) in [7, 11) is 0. The van der Waals surface area contributed by atoms with Crippen LogP contribution in [0.25, 0.3) is 0 Å². The van der Waals surface area contributed by atoms with Crippen molar-refractivity contribution in [3.05, 3.63) is 29.3 Å². The molecular weight excluding hydrogens is 208 g/mol. The molecule has 1 unspecified atom stereocenters. The molecule has 1 atom stereocenters. The van der Waals surface area contributed by atoms with E-state index in [4.69, 9.17) is 5.73 Å². The highest BCUT2D eigenvalue weighted by Crippen LogP contribution is 2.28. The van der Waals surface area contributed by atoms with Crippen LogP contribution in [0, 0.1) is 5.92 Å². The third-order valence-corrected chi connectivity index (χ3v) is 4.30. The van der Waals surface area contributed by atoms with E-state index in [9.17, 15) is 0 Å². The van der Waals surface area contributed by atoms with Gasteiger partial charge in [-0.25, -0.2) is 0 Å². The first-order valence-electron chi connectivity index (χ1n) is 6.92. The zero-order valence-corrected chi connectivity index (χ0v) is 10.4. The van der Waals surface area contributed by atoms with Crippen LogP contribution < -0.4 is 11.1 Å². The summed E-state index contributed by atoms with van der Waals surface area (Å²) in [6, 6.07) is 7.19. The number of rotatable bonds is 3. The quantitative estimate of drug-likeness (QED) is 0.783. The van der Waals surface area contributed by atoms with Crippen LogP contribution in [0.2, 0.25) is 0 Å². The number of nitrogens with two attached hydrogens (primary N) is 1. The molecule has 1 fully saturated rings. The van der Waals surface area contributed by atoms with E-state index in [1.807, 2.05) is 6.07 Å². The van der Waals surface area contributed by atoms with Crippen LogP contribution in [-0.2, 0) is 12.8 Å². The molecule has 1 aromatic rings. The summed E-state index contributed by atoms with van der Waals surface area (Å²) in [6.07, 6.45) is 8.03. The second kappa shape index (κ2) is 4.69. The van der Waals surface area contributed by atoms with E-state index in [1.165, 1.54) is 56.2 Å². The number of anilines is 1. The molecule has 1 aromatic carbocycles. The smallest absolute Gasteiger partial charge is 0.0316 e. The minimum atomic E-state index is 0.785. The number of nitrogen functional groups attached to an aromatic ring is 1. The Labute approximate surface area is 104 Å². The standard InChI is InChI=1S/C15H22N2/c16-14-6-5-12-7-11(8-13(12)9-14)10-17-15-3-1-2-4-15/h5-6,9,11,15,17H,1-4,7-8,10,16H2. The Hall–Kier alpha value is -1.02. The fourth-order valence-corrected chi connectivity index (χ4v) is 3.34. The molecule has 0 aliphatic heterocycles. The Kier molecular flexibility index (Phi) is 3.06. The number of benzene rings is 1. The molecule has 2 aliphatic rings. The zero-order valence-electron chi connectivity index (χ0n) is 10.4. The monoisotopic (exact) mass is 230 g/mol. The lowest BCUT2D eigenvalue weighted by Gasteiger charge is -2.15. The van der Waals surface area contributed by atoms with Gasteiger partial charge in [-0.1, -0.05) is 18.9 Å². The van der Waals surface area contributed by atoms with E-state index in [0.717, 1.165) is 17.6 Å². The molecule has 0 bridgehead atoms. The summed E-state index contributed by atoms with van der Waals surface area (Å²) in [5.41, 5.74) is 9.73. The summed E-state index contributed by atoms with van der Waals surface area (Å²) in [5.74, 6) is 0.785. The lowest BCUT2D eigenvalue weighted by Crippen LogP contribution is -2.31. The van der Waals surface area contributed by atoms with E-state index in [-0.39, 0.29) is 0 Å². The highest BCUT2D eigenvalue weighted by Gasteiger charge is 2.23. The van der Waals surface area contributed by atoms with E-state index < -0.39 is 0 Å². The maximum Gasteiger partial charge on any atom is 0.0316 e.